The molecule has 5 nitrogen and oxygen atoms in total. The molecule has 1 aromatic rings. The number of aromatic nitrogens is 2. The Morgan fingerprint density at radius 2 is 2.24 bits per heavy atom. The fraction of sp³-hybridized carbons (Fsp3) is 0.700. The van der Waals surface area contributed by atoms with E-state index in [1.54, 1.807) is 11.8 Å². The molecule has 0 radical (unpaired) electrons. The van der Waals surface area contributed by atoms with Gasteiger partial charge < -0.3 is 0 Å². The van der Waals surface area contributed by atoms with E-state index >= 15 is 0 Å². The average Bonchev–Trinajstić information content (AvgIpc) is 2.99. The number of hydrogen-bond donors (Lipinski definition) is 2. The molecule has 1 aliphatic carbocycles. The van der Waals surface area contributed by atoms with Crippen molar-refractivity contribution in [1.82, 2.24) is 14.9 Å². The molecule has 0 saturated heterocycles. The zero-order valence-corrected chi connectivity index (χ0v) is 11.4. The predicted octanol–water partition coefficient (Wildman–Crippen LogP) is 1.36. The van der Waals surface area contributed by atoms with Crippen molar-refractivity contribution in [3.63, 3.8) is 0 Å². The Morgan fingerprint density at radius 3 is 2.76 bits per heavy atom. The van der Waals surface area contributed by atoms with Crippen LogP contribution in [0.5, 0.6) is 0 Å². The molecule has 0 amide bonds. The molecule has 0 aliphatic heterocycles. The number of thioether (sulfide) groups is 1. The number of rotatable bonds is 5. The maximum atomic E-state index is 11.9. The van der Waals surface area contributed by atoms with Gasteiger partial charge in [-0.1, -0.05) is 12.8 Å². The van der Waals surface area contributed by atoms with E-state index in [-0.39, 0.29) is 9.77 Å². The van der Waals surface area contributed by atoms with E-state index in [4.69, 9.17) is 0 Å². The van der Waals surface area contributed by atoms with E-state index in [0.29, 0.717) is 6.54 Å². The van der Waals surface area contributed by atoms with Gasteiger partial charge in [-0.25, -0.2) is 13.1 Å². The summed E-state index contributed by atoms with van der Waals surface area (Å²) in [5, 5.41) is 6.26. The van der Waals surface area contributed by atoms with Crippen LogP contribution in [0.1, 0.15) is 25.7 Å². The van der Waals surface area contributed by atoms with Crippen molar-refractivity contribution in [3.05, 3.63) is 12.3 Å². The SMILES string of the molecule is CSC1(CNS(=O)(=O)c2ccn[nH]2)CCCC1. The Hall–Kier alpha value is -0.530. The van der Waals surface area contributed by atoms with Gasteiger partial charge in [-0.2, -0.15) is 16.9 Å². The van der Waals surface area contributed by atoms with Gasteiger partial charge in [0.05, 0.1) is 6.20 Å². The van der Waals surface area contributed by atoms with Crippen molar-refractivity contribution < 1.29 is 8.42 Å². The smallest absolute Gasteiger partial charge is 0.257 e. The van der Waals surface area contributed by atoms with Crippen molar-refractivity contribution >= 4 is 21.8 Å². The second kappa shape index (κ2) is 4.99. The quantitative estimate of drug-likeness (QED) is 0.851. The summed E-state index contributed by atoms with van der Waals surface area (Å²) in [4.78, 5) is 0. The lowest BCUT2D eigenvalue weighted by atomic mass is 10.1. The molecule has 0 atom stereocenters. The molecule has 2 N–H and O–H groups in total. The largest absolute Gasteiger partial charge is 0.266 e. The normalized spacial score (nSPS) is 19.6. The molecule has 7 heteroatoms. The molecule has 0 bridgehead atoms. The molecule has 17 heavy (non-hydrogen) atoms. The van der Waals surface area contributed by atoms with Gasteiger partial charge in [-0.05, 0) is 25.2 Å². The van der Waals surface area contributed by atoms with Crippen LogP contribution in [0.15, 0.2) is 17.3 Å². The Morgan fingerprint density at radius 1 is 1.53 bits per heavy atom. The van der Waals surface area contributed by atoms with E-state index in [1.807, 2.05) is 0 Å². The Balaban J connectivity index is 2.02. The number of nitrogens with one attached hydrogen (secondary N) is 2. The maximum absolute atomic E-state index is 11.9. The van der Waals surface area contributed by atoms with Gasteiger partial charge in [0, 0.05) is 11.3 Å². The standard InChI is InChI=1S/C10H17N3O2S2/c1-16-10(5-2-3-6-10)8-12-17(14,15)9-4-7-11-13-9/h4,7,12H,2-3,5-6,8H2,1H3,(H,11,13). The molecule has 1 aliphatic rings. The molecule has 1 aromatic heterocycles. The summed E-state index contributed by atoms with van der Waals surface area (Å²) < 4.78 is 26.6. The Labute approximate surface area is 106 Å². The molecule has 1 heterocycles. The zero-order valence-electron chi connectivity index (χ0n) is 9.77. The number of H-pyrrole nitrogens is 1. The van der Waals surface area contributed by atoms with Gasteiger partial charge in [-0.15, -0.1) is 0 Å². The molecule has 1 saturated carbocycles. The minimum absolute atomic E-state index is 0.0765. The van der Waals surface area contributed by atoms with Crippen molar-refractivity contribution in [1.29, 1.82) is 0 Å². The first-order chi connectivity index (χ1) is 8.08. The van der Waals surface area contributed by atoms with Crippen molar-refractivity contribution in [3.8, 4) is 0 Å². The molecule has 1 fully saturated rings. The third kappa shape index (κ3) is 2.83. The van der Waals surface area contributed by atoms with E-state index in [9.17, 15) is 8.42 Å². The third-order valence-corrected chi connectivity index (χ3v) is 6.05. The summed E-state index contributed by atoms with van der Waals surface area (Å²) in [7, 11) is -3.43. The van der Waals surface area contributed by atoms with E-state index in [0.717, 1.165) is 12.8 Å². The summed E-state index contributed by atoms with van der Waals surface area (Å²) in [6.07, 6.45) is 8.03. The maximum Gasteiger partial charge on any atom is 0.257 e. The van der Waals surface area contributed by atoms with Crippen LogP contribution in [0.25, 0.3) is 0 Å². The number of hydrogen-bond acceptors (Lipinski definition) is 4. The second-order valence-corrected chi connectivity index (χ2v) is 7.35. The highest BCUT2D eigenvalue weighted by molar-refractivity contribution is 8.00. The van der Waals surface area contributed by atoms with Gasteiger partial charge in [0.1, 0.15) is 0 Å². The van der Waals surface area contributed by atoms with Gasteiger partial charge in [0.15, 0.2) is 5.03 Å². The Kier molecular flexibility index (Phi) is 3.79. The summed E-state index contributed by atoms with van der Waals surface area (Å²) in [6, 6.07) is 1.46. The van der Waals surface area contributed by atoms with Crippen LogP contribution < -0.4 is 4.72 Å². The van der Waals surface area contributed by atoms with Crippen LogP contribution in [-0.4, -0.2) is 36.2 Å². The van der Waals surface area contributed by atoms with Crippen molar-refractivity contribution in [2.45, 2.75) is 35.5 Å². The minimum atomic E-state index is -3.43. The van der Waals surface area contributed by atoms with Crippen LogP contribution in [0, 0.1) is 0 Å². The monoisotopic (exact) mass is 275 g/mol. The lowest BCUT2D eigenvalue weighted by molar-refractivity contribution is 0.548. The van der Waals surface area contributed by atoms with Crippen molar-refractivity contribution in [2.75, 3.05) is 12.8 Å². The molecule has 0 aromatic carbocycles. The molecule has 0 unspecified atom stereocenters. The highest BCUT2D eigenvalue weighted by Crippen LogP contribution is 2.39. The van der Waals surface area contributed by atoms with E-state index in [1.165, 1.54) is 25.1 Å². The first-order valence-electron chi connectivity index (χ1n) is 5.62. The predicted molar refractivity (Wildman–Crippen MR) is 68.5 cm³/mol. The van der Waals surface area contributed by atoms with E-state index < -0.39 is 10.0 Å². The lowest BCUT2D eigenvalue weighted by Gasteiger charge is -2.26. The summed E-state index contributed by atoms with van der Waals surface area (Å²) >= 11 is 1.77. The topological polar surface area (TPSA) is 74.8 Å². The van der Waals surface area contributed by atoms with Crippen LogP contribution in [0.2, 0.25) is 0 Å². The highest BCUT2D eigenvalue weighted by atomic mass is 32.2. The molecular weight excluding hydrogens is 258 g/mol. The van der Waals surface area contributed by atoms with Gasteiger partial charge in [0.2, 0.25) is 0 Å². The van der Waals surface area contributed by atoms with Crippen LogP contribution >= 0.6 is 11.8 Å². The van der Waals surface area contributed by atoms with E-state index in [2.05, 4.69) is 21.2 Å². The first kappa shape index (κ1) is 12.9. The van der Waals surface area contributed by atoms with Crippen LogP contribution in [-0.2, 0) is 10.0 Å². The number of sulfonamides is 1. The fourth-order valence-electron chi connectivity index (χ4n) is 2.17. The highest BCUT2D eigenvalue weighted by Gasteiger charge is 2.34. The molecule has 0 spiro atoms. The van der Waals surface area contributed by atoms with Gasteiger partial charge >= 0.3 is 0 Å². The minimum Gasteiger partial charge on any atom is -0.266 e. The lowest BCUT2D eigenvalue weighted by Crippen LogP contribution is -2.38. The fourth-order valence-corrected chi connectivity index (χ4v) is 4.21. The van der Waals surface area contributed by atoms with Crippen molar-refractivity contribution in [2.24, 2.45) is 0 Å². The first-order valence-corrected chi connectivity index (χ1v) is 8.33. The molecule has 96 valence electrons. The molecule has 2 rings (SSSR count). The number of nitrogens with zero attached hydrogens (tertiary/aromatic N) is 1. The summed E-state index contributed by atoms with van der Waals surface area (Å²) in [5.74, 6) is 0. The van der Waals surface area contributed by atoms with Gasteiger partial charge in [-0.3, -0.25) is 5.10 Å². The summed E-state index contributed by atoms with van der Waals surface area (Å²) in [6.45, 7) is 0.496. The van der Waals surface area contributed by atoms with Gasteiger partial charge in [0.25, 0.3) is 10.0 Å². The van der Waals surface area contributed by atoms with Crippen LogP contribution in [0.3, 0.4) is 0 Å². The third-order valence-electron chi connectivity index (χ3n) is 3.30. The van der Waals surface area contributed by atoms with Crippen LogP contribution in [0.4, 0.5) is 0 Å². The average molecular weight is 275 g/mol. The second-order valence-electron chi connectivity index (χ2n) is 4.34. The Bertz CT molecular complexity index is 450. The summed E-state index contributed by atoms with van der Waals surface area (Å²) in [5.41, 5.74) is 0. The zero-order chi connectivity index (χ0) is 12.4. The number of aromatic amines is 1. The molecular formula is C10H17N3O2S2.